The minimum Gasteiger partial charge on any atom is -0.294 e. The Labute approximate surface area is 155 Å². The molecule has 0 fully saturated rings. The van der Waals surface area contributed by atoms with Gasteiger partial charge in [-0.2, -0.15) is 8.75 Å². The van der Waals surface area contributed by atoms with Gasteiger partial charge in [-0.1, -0.05) is 12.2 Å². The van der Waals surface area contributed by atoms with Gasteiger partial charge in [-0.25, -0.2) is 4.39 Å². The third-order valence-electron chi connectivity index (χ3n) is 4.16. The normalized spacial score (nSPS) is 17.8. The standard InChI is InChI=1S/C18H20FN3OS2/c1-22-11-3-2-5-15(22)17-18(21-25-20-17)24-12-4-6-16(23)13-7-9-14(19)10-8-13/h2,5,7-10,15H,3-4,6,11-12H2,1H3. The lowest BCUT2D eigenvalue weighted by atomic mass is 10.1. The van der Waals surface area contributed by atoms with Crippen LogP contribution in [0.25, 0.3) is 0 Å². The molecule has 25 heavy (non-hydrogen) atoms. The first kappa shape index (κ1) is 18.2. The van der Waals surface area contributed by atoms with E-state index in [-0.39, 0.29) is 17.6 Å². The van der Waals surface area contributed by atoms with E-state index in [4.69, 9.17) is 0 Å². The van der Waals surface area contributed by atoms with Gasteiger partial charge in [-0.3, -0.25) is 9.69 Å². The highest BCUT2D eigenvalue weighted by Gasteiger charge is 2.23. The zero-order chi connectivity index (χ0) is 17.6. The minimum atomic E-state index is -0.322. The molecule has 1 unspecified atom stereocenters. The maximum atomic E-state index is 12.9. The number of benzene rings is 1. The summed E-state index contributed by atoms with van der Waals surface area (Å²) in [5, 5.41) is 0.961. The molecule has 0 amide bonds. The van der Waals surface area contributed by atoms with Gasteiger partial charge < -0.3 is 0 Å². The fraction of sp³-hybridized carbons (Fsp3) is 0.389. The van der Waals surface area contributed by atoms with Crippen LogP contribution in [-0.4, -0.2) is 38.8 Å². The summed E-state index contributed by atoms with van der Waals surface area (Å²) in [7, 11) is 2.10. The lowest BCUT2D eigenvalue weighted by molar-refractivity contribution is 0.0982. The van der Waals surface area contributed by atoms with Crippen molar-refractivity contribution in [3.8, 4) is 0 Å². The van der Waals surface area contributed by atoms with Crippen LogP contribution in [0.3, 0.4) is 0 Å². The van der Waals surface area contributed by atoms with Crippen LogP contribution in [0, 0.1) is 5.82 Å². The van der Waals surface area contributed by atoms with Crippen LogP contribution in [0.4, 0.5) is 4.39 Å². The summed E-state index contributed by atoms with van der Waals surface area (Å²) in [5.74, 6) is 0.537. The molecule has 0 aliphatic carbocycles. The molecule has 3 rings (SSSR count). The summed E-state index contributed by atoms with van der Waals surface area (Å²) in [6, 6.07) is 5.92. The Bertz CT molecular complexity index is 745. The topological polar surface area (TPSA) is 46.1 Å². The summed E-state index contributed by atoms with van der Waals surface area (Å²) in [6.07, 6.45) is 6.66. The number of aromatic nitrogens is 2. The van der Waals surface area contributed by atoms with E-state index < -0.39 is 0 Å². The number of Topliss-reactive ketones (excluding diaryl/α,β-unsaturated/α-hetero) is 1. The fourth-order valence-electron chi connectivity index (χ4n) is 2.74. The minimum absolute atomic E-state index is 0.0483. The molecule has 0 bridgehead atoms. The zero-order valence-electron chi connectivity index (χ0n) is 14.0. The Hall–Kier alpha value is -1.57. The molecule has 0 saturated carbocycles. The summed E-state index contributed by atoms with van der Waals surface area (Å²) in [4.78, 5) is 14.4. The highest BCUT2D eigenvalue weighted by atomic mass is 32.2. The molecular weight excluding hydrogens is 357 g/mol. The van der Waals surface area contributed by atoms with Gasteiger partial charge in [0.25, 0.3) is 0 Å². The van der Waals surface area contributed by atoms with Crippen LogP contribution >= 0.6 is 23.5 Å². The lowest BCUT2D eigenvalue weighted by Gasteiger charge is -2.27. The third-order valence-corrected chi connectivity index (χ3v) is 5.88. The Morgan fingerprint density at radius 2 is 2.16 bits per heavy atom. The molecule has 0 spiro atoms. The first-order valence-corrected chi connectivity index (χ1v) is 9.97. The Balaban J connectivity index is 1.50. The molecule has 0 N–H and O–H groups in total. The van der Waals surface area contributed by atoms with E-state index in [1.165, 1.54) is 23.9 Å². The first-order chi connectivity index (χ1) is 12.1. The van der Waals surface area contributed by atoms with Gasteiger partial charge in [0.05, 0.1) is 17.8 Å². The number of thioether (sulfide) groups is 1. The van der Waals surface area contributed by atoms with E-state index in [9.17, 15) is 9.18 Å². The van der Waals surface area contributed by atoms with E-state index in [1.807, 2.05) is 0 Å². The van der Waals surface area contributed by atoms with Crippen molar-refractivity contribution in [3.05, 3.63) is 53.5 Å². The van der Waals surface area contributed by atoms with Crippen LogP contribution in [0.1, 0.15) is 41.4 Å². The van der Waals surface area contributed by atoms with Crippen LogP contribution in [0.2, 0.25) is 0 Å². The summed E-state index contributed by atoms with van der Waals surface area (Å²) in [6.45, 7) is 1.02. The molecule has 1 aliphatic heterocycles. The quantitative estimate of drug-likeness (QED) is 0.310. The zero-order valence-corrected chi connectivity index (χ0v) is 15.7. The molecule has 1 aliphatic rings. The van der Waals surface area contributed by atoms with Crippen molar-refractivity contribution in [1.82, 2.24) is 13.6 Å². The highest BCUT2D eigenvalue weighted by molar-refractivity contribution is 7.99. The third kappa shape index (κ3) is 4.74. The predicted molar refractivity (Wildman–Crippen MR) is 99.7 cm³/mol. The second-order valence-electron chi connectivity index (χ2n) is 5.98. The average Bonchev–Trinajstić information content (AvgIpc) is 3.08. The van der Waals surface area contributed by atoms with E-state index in [0.29, 0.717) is 12.0 Å². The first-order valence-electron chi connectivity index (χ1n) is 8.26. The second-order valence-corrected chi connectivity index (χ2v) is 7.59. The maximum Gasteiger partial charge on any atom is 0.162 e. The van der Waals surface area contributed by atoms with Gasteiger partial charge in [0.2, 0.25) is 0 Å². The number of halogens is 1. The van der Waals surface area contributed by atoms with E-state index in [0.717, 1.165) is 35.9 Å². The number of rotatable bonds is 7. The Morgan fingerprint density at radius 3 is 2.92 bits per heavy atom. The van der Waals surface area contributed by atoms with Gasteiger partial charge in [0, 0.05) is 24.3 Å². The second kappa shape index (κ2) is 8.69. The van der Waals surface area contributed by atoms with Crippen molar-refractivity contribution in [3.63, 3.8) is 0 Å². The molecule has 4 nitrogen and oxygen atoms in total. The lowest BCUT2D eigenvalue weighted by Crippen LogP contribution is -2.27. The number of hydrogen-bond donors (Lipinski definition) is 0. The predicted octanol–water partition coefficient (Wildman–Crippen LogP) is 4.37. The smallest absolute Gasteiger partial charge is 0.162 e. The molecular formula is C18H20FN3OS2. The SMILES string of the molecule is CN1CCC=CC1c1nsnc1SCCCC(=O)c1ccc(F)cc1. The van der Waals surface area contributed by atoms with E-state index in [1.54, 1.807) is 23.9 Å². The van der Waals surface area contributed by atoms with Gasteiger partial charge >= 0.3 is 0 Å². The van der Waals surface area contributed by atoms with Crippen molar-refractivity contribution in [1.29, 1.82) is 0 Å². The van der Waals surface area contributed by atoms with Gasteiger partial charge in [-0.05, 0) is 44.2 Å². The Morgan fingerprint density at radius 1 is 1.36 bits per heavy atom. The monoisotopic (exact) mass is 377 g/mol. The number of nitrogens with zero attached hydrogens (tertiary/aromatic N) is 3. The van der Waals surface area contributed by atoms with Crippen molar-refractivity contribution < 1.29 is 9.18 Å². The van der Waals surface area contributed by atoms with Crippen molar-refractivity contribution >= 4 is 29.3 Å². The Kier molecular flexibility index (Phi) is 6.34. The molecule has 1 aromatic heterocycles. The number of carbonyl (C=O) groups is 1. The maximum absolute atomic E-state index is 12.9. The van der Waals surface area contributed by atoms with Crippen LogP contribution in [0.5, 0.6) is 0 Å². The highest BCUT2D eigenvalue weighted by Crippen LogP contribution is 2.31. The van der Waals surface area contributed by atoms with Crippen molar-refractivity contribution in [2.24, 2.45) is 0 Å². The molecule has 1 aromatic carbocycles. The number of hydrogen-bond acceptors (Lipinski definition) is 6. The average molecular weight is 378 g/mol. The van der Waals surface area contributed by atoms with Gasteiger partial charge in [-0.15, -0.1) is 11.8 Å². The van der Waals surface area contributed by atoms with Crippen molar-refractivity contribution in [2.45, 2.75) is 30.3 Å². The molecule has 2 heterocycles. The van der Waals surface area contributed by atoms with E-state index >= 15 is 0 Å². The molecule has 132 valence electrons. The fourth-order valence-corrected chi connectivity index (χ4v) is 4.39. The molecule has 0 radical (unpaired) electrons. The van der Waals surface area contributed by atoms with Gasteiger partial charge in [0.1, 0.15) is 16.5 Å². The molecule has 0 saturated heterocycles. The molecule has 2 aromatic rings. The van der Waals surface area contributed by atoms with Crippen molar-refractivity contribution in [2.75, 3.05) is 19.3 Å². The summed E-state index contributed by atoms with van der Waals surface area (Å²) >= 11 is 2.89. The molecule has 1 atom stereocenters. The summed E-state index contributed by atoms with van der Waals surface area (Å²) < 4.78 is 21.8. The molecule has 7 heteroatoms. The van der Waals surface area contributed by atoms with Crippen LogP contribution in [-0.2, 0) is 0 Å². The van der Waals surface area contributed by atoms with Crippen LogP contribution < -0.4 is 0 Å². The van der Waals surface area contributed by atoms with E-state index in [2.05, 4.69) is 32.8 Å². The number of carbonyl (C=O) groups excluding carboxylic acids is 1. The largest absolute Gasteiger partial charge is 0.294 e. The summed E-state index contributed by atoms with van der Waals surface area (Å²) in [5.41, 5.74) is 1.58. The number of ketones is 1. The van der Waals surface area contributed by atoms with Gasteiger partial charge in [0.15, 0.2) is 5.78 Å². The van der Waals surface area contributed by atoms with Crippen LogP contribution in [0.15, 0.2) is 41.4 Å². The number of likely N-dealkylation sites (N-methyl/N-ethyl adjacent to an activating group) is 1.